The van der Waals surface area contributed by atoms with Crippen molar-refractivity contribution in [2.24, 2.45) is 11.7 Å². The van der Waals surface area contributed by atoms with Gasteiger partial charge in [-0.05, 0) is 49.7 Å². The topological polar surface area (TPSA) is 70.1 Å². The predicted octanol–water partition coefficient (Wildman–Crippen LogP) is 1.39. The van der Waals surface area contributed by atoms with Crippen molar-refractivity contribution in [1.29, 1.82) is 5.26 Å². The van der Waals surface area contributed by atoms with Gasteiger partial charge in [0.05, 0.1) is 11.6 Å². The van der Waals surface area contributed by atoms with Crippen molar-refractivity contribution in [2.75, 3.05) is 13.1 Å². The Kier molecular flexibility index (Phi) is 4.13. The number of benzene rings is 1. The average Bonchev–Trinajstić information content (AvgIpc) is 2.39. The molecule has 0 bridgehead atoms. The highest BCUT2D eigenvalue weighted by Gasteiger charge is 2.23. The first-order valence-electron chi connectivity index (χ1n) is 6.30. The van der Waals surface area contributed by atoms with Crippen LogP contribution in [0.4, 0.5) is 4.39 Å². The lowest BCUT2D eigenvalue weighted by molar-refractivity contribution is -0.123. The highest BCUT2D eigenvalue weighted by atomic mass is 19.1. The second-order valence-corrected chi connectivity index (χ2v) is 4.87. The molecule has 19 heavy (non-hydrogen) atoms. The molecule has 1 aliphatic rings. The third-order valence-electron chi connectivity index (χ3n) is 3.57. The molecule has 2 N–H and O–H groups in total. The van der Waals surface area contributed by atoms with Crippen LogP contribution < -0.4 is 5.73 Å². The summed E-state index contributed by atoms with van der Waals surface area (Å²) in [6.07, 6.45) is 1.46. The van der Waals surface area contributed by atoms with Gasteiger partial charge in [-0.1, -0.05) is 0 Å². The van der Waals surface area contributed by atoms with Gasteiger partial charge in [0.2, 0.25) is 5.91 Å². The van der Waals surface area contributed by atoms with Gasteiger partial charge in [0.25, 0.3) is 0 Å². The van der Waals surface area contributed by atoms with E-state index in [2.05, 4.69) is 11.0 Å². The maximum atomic E-state index is 13.2. The molecule has 0 aliphatic carbocycles. The minimum absolute atomic E-state index is 0.0563. The van der Waals surface area contributed by atoms with Crippen LogP contribution in [0.2, 0.25) is 0 Å². The number of piperidine rings is 1. The van der Waals surface area contributed by atoms with Crippen molar-refractivity contribution in [3.05, 3.63) is 35.1 Å². The van der Waals surface area contributed by atoms with Crippen molar-refractivity contribution in [3.8, 4) is 6.07 Å². The molecule has 4 nitrogen and oxygen atoms in total. The van der Waals surface area contributed by atoms with Gasteiger partial charge in [-0.15, -0.1) is 0 Å². The molecular weight excluding hydrogens is 245 g/mol. The molecule has 5 heteroatoms. The highest BCUT2D eigenvalue weighted by Crippen LogP contribution is 2.20. The minimum Gasteiger partial charge on any atom is -0.369 e. The molecule has 1 aromatic rings. The Labute approximate surface area is 111 Å². The van der Waals surface area contributed by atoms with Gasteiger partial charge in [-0.3, -0.25) is 9.69 Å². The van der Waals surface area contributed by atoms with Crippen LogP contribution in [0.5, 0.6) is 0 Å². The van der Waals surface area contributed by atoms with Gasteiger partial charge in [0.1, 0.15) is 5.82 Å². The molecule has 100 valence electrons. The first-order chi connectivity index (χ1) is 9.10. The van der Waals surface area contributed by atoms with Crippen LogP contribution in [-0.2, 0) is 11.3 Å². The zero-order valence-electron chi connectivity index (χ0n) is 10.6. The Bertz CT molecular complexity index is 516. The maximum absolute atomic E-state index is 13.2. The van der Waals surface area contributed by atoms with E-state index in [-0.39, 0.29) is 17.6 Å². The second-order valence-electron chi connectivity index (χ2n) is 4.87. The van der Waals surface area contributed by atoms with Crippen LogP contribution in [0.1, 0.15) is 24.0 Å². The average molecular weight is 261 g/mol. The van der Waals surface area contributed by atoms with Gasteiger partial charge in [-0.2, -0.15) is 5.26 Å². The number of hydrogen-bond acceptors (Lipinski definition) is 3. The van der Waals surface area contributed by atoms with E-state index in [4.69, 9.17) is 11.0 Å². The molecular formula is C14H16FN3O. The number of likely N-dealkylation sites (tertiary alicyclic amines) is 1. The summed E-state index contributed by atoms with van der Waals surface area (Å²) in [5.41, 5.74) is 6.47. The quantitative estimate of drug-likeness (QED) is 0.894. The lowest BCUT2D eigenvalue weighted by Gasteiger charge is -2.30. The first-order valence-corrected chi connectivity index (χ1v) is 6.30. The maximum Gasteiger partial charge on any atom is 0.220 e. The lowest BCUT2D eigenvalue weighted by atomic mass is 9.95. The van der Waals surface area contributed by atoms with Gasteiger partial charge < -0.3 is 5.73 Å². The molecule has 1 fully saturated rings. The Morgan fingerprint density at radius 1 is 1.47 bits per heavy atom. The van der Waals surface area contributed by atoms with Gasteiger partial charge in [-0.25, -0.2) is 4.39 Å². The van der Waals surface area contributed by atoms with Gasteiger partial charge in [0.15, 0.2) is 0 Å². The van der Waals surface area contributed by atoms with E-state index in [0.717, 1.165) is 25.9 Å². The Hall–Kier alpha value is -1.93. The van der Waals surface area contributed by atoms with Crippen molar-refractivity contribution in [1.82, 2.24) is 4.90 Å². The van der Waals surface area contributed by atoms with Crippen LogP contribution in [0.15, 0.2) is 18.2 Å². The summed E-state index contributed by atoms with van der Waals surface area (Å²) in [5, 5.41) is 9.00. The summed E-state index contributed by atoms with van der Waals surface area (Å²) < 4.78 is 13.2. The standard InChI is InChI=1S/C14H16FN3O/c15-13-2-1-11(8-16)12(7-13)9-18-5-3-10(4-6-18)14(17)19/h1-2,7,10H,3-6,9H2,(H2,17,19). The third-order valence-corrected chi connectivity index (χ3v) is 3.57. The van der Waals surface area contributed by atoms with E-state index in [9.17, 15) is 9.18 Å². The molecule has 1 heterocycles. The summed E-state index contributed by atoms with van der Waals surface area (Å²) >= 11 is 0. The molecule has 2 rings (SSSR count). The predicted molar refractivity (Wildman–Crippen MR) is 68.3 cm³/mol. The van der Waals surface area contributed by atoms with E-state index in [0.29, 0.717) is 17.7 Å². The summed E-state index contributed by atoms with van der Waals surface area (Å²) in [5.74, 6) is -0.636. The van der Waals surface area contributed by atoms with Crippen LogP contribution in [0.3, 0.4) is 0 Å². The molecule has 0 radical (unpaired) electrons. The minimum atomic E-state index is -0.332. The number of rotatable bonds is 3. The number of halogens is 1. The SMILES string of the molecule is N#Cc1ccc(F)cc1CN1CCC(C(N)=O)CC1. The molecule has 0 unspecified atom stereocenters. The molecule has 1 amide bonds. The van der Waals surface area contributed by atoms with E-state index < -0.39 is 0 Å². The van der Waals surface area contributed by atoms with Crippen molar-refractivity contribution in [3.63, 3.8) is 0 Å². The Balaban J connectivity index is 2.01. The number of amides is 1. The van der Waals surface area contributed by atoms with E-state index in [1.165, 1.54) is 18.2 Å². The van der Waals surface area contributed by atoms with Crippen molar-refractivity contribution < 1.29 is 9.18 Å². The number of nitrogens with zero attached hydrogens (tertiary/aromatic N) is 2. The van der Waals surface area contributed by atoms with Crippen LogP contribution in [0, 0.1) is 23.1 Å². The van der Waals surface area contributed by atoms with Crippen LogP contribution in [0.25, 0.3) is 0 Å². The molecule has 1 saturated heterocycles. The second kappa shape index (κ2) is 5.81. The third kappa shape index (κ3) is 3.30. The summed E-state index contributed by atoms with van der Waals surface area (Å²) in [7, 11) is 0. The normalized spacial score (nSPS) is 17.1. The smallest absolute Gasteiger partial charge is 0.220 e. The van der Waals surface area contributed by atoms with E-state index in [1.807, 2.05) is 0 Å². The Morgan fingerprint density at radius 3 is 2.74 bits per heavy atom. The zero-order chi connectivity index (χ0) is 13.8. The molecule has 0 atom stereocenters. The fourth-order valence-electron chi connectivity index (χ4n) is 2.42. The van der Waals surface area contributed by atoms with Crippen LogP contribution in [-0.4, -0.2) is 23.9 Å². The summed E-state index contributed by atoms with van der Waals surface area (Å²) in [6.45, 7) is 2.02. The molecule has 0 saturated carbocycles. The summed E-state index contributed by atoms with van der Waals surface area (Å²) in [4.78, 5) is 13.2. The number of nitrogens with two attached hydrogens (primary N) is 1. The van der Waals surface area contributed by atoms with Crippen LogP contribution >= 0.6 is 0 Å². The monoisotopic (exact) mass is 261 g/mol. The lowest BCUT2D eigenvalue weighted by Crippen LogP contribution is -2.38. The fraction of sp³-hybridized carbons (Fsp3) is 0.429. The Morgan fingerprint density at radius 2 is 2.16 bits per heavy atom. The number of hydrogen-bond donors (Lipinski definition) is 1. The number of carbonyl (C=O) groups is 1. The number of carbonyl (C=O) groups excluding carboxylic acids is 1. The molecule has 0 spiro atoms. The van der Waals surface area contributed by atoms with Crippen molar-refractivity contribution in [2.45, 2.75) is 19.4 Å². The highest BCUT2D eigenvalue weighted by molar-refractivity contribution is 5.76. The van der Waals surface area contributed by atoms with Gasteiger partial charge in [0, 0.05) is 12.5 Å². The molecule has 1 aromatic carbocycles. The number of nitriles is 1. The first kappa shape index (κ1) is 13.5. The van der Waals surface area contributed by atoms with E-state index in [1.54, 1.807) is 0 Å². The fourth-order valence-corrected chi connectivity index (χ4v) is 2.42. The van der Waals surface area contributed by atoms with Crippen molar-refractivity contribution >= 4 is 5.91 Å². The summed E-state index contributed by atoms with van der Waals surface area (Å²) in [6, 6.07) is 6.27. The molecule has 1 aliphatic heterocycles. The van der Waals surface area contributed by atoms with E-state index >= 15 is 0 Å². The van der Waals surface area contributed by atoms with Gasteiger partial charge >= 0.3 is 0 Å². The zero-order valence-corrected chi connectivity index (χ0v) is 10.6. The number of primary amides is 1. The molecule has 0 aromatic heterocycles. The largest absolute Gasteiger partial charge is 0.369 e.